The van der Waals surface area contributed by atoms with Gasteiger partial charge < -0.3 is 10.2 Å². The SMILES string of the molecule is Cc1nc(N2CCCCCC2C)sc1CNC(C)C. The number of aromatic nitrogens is 1. The number of hydrogen-bond donors (Lipinski definition) is 1. The van der Waals surface area contributed by atoms with E-state index in [-0.39, 0.29) is 0 Å². The summed E-state index contributed by atoms with van der Waals surface area (Å²) in [6, 6.07) is 1.17. The van der Waals surface area contributed by atoms with Crippen LogP contribution in [0.4, 0.5) is 5.13 Å². The number of hydrogen-bond acceptors (Lipinski definition) is 4. The first kappa shape index (κ1) is 14.8. The lowest BCUT2D eigenvalue weighted by Gasteiger charge is -2.26. The summed E-state index contributed by atoms with van der Waals surface area (Å²) >= 11 is 1.87. The molecule has 1 fully saturated rings. The van der Waals surface area contributed by atoms with Crippen molar-refractivity contribution >= 4 is 16.5 Å². The van der Waals surface area contributed by atoms with E-state index in [0.717, 1.165) is 6.54 Å². The molecule has 4 heteroatoms. The van der Waals surface area contributed by atoms with E-state index in [0.29, 0.717) is 12.1 Å². The van der Waals surface area contributed by atoms with Gasteiger partial charge in [0.2, 0.25) is 0 Å². The Morgan fingerprint density at radius 1 is 1.37 bits per heavy atom. The molecule has 1 saturated heterocycles. The molecule has 0 amide bonds. The standard InChI is InChI=1S/C15H27N3S/c1-11(2)16-10-14-13(4)17-15(19-14)18-9-7-5-6-8-12(18)3/h11-12,16H,5-10H2,1-4H3. The Balaban J connectivity index is 2.09. The van der Waals surface area contributed by atoms with Crippen LogP contribution in [0.15, 0.2) is 0 Å². The van der Waals surface area contributed by atoms with Gasteiger partial charge in [0.1, 0.15) is 0 Å². The van der Waals surface area contributed by atoms with Crippen molar-refractivity contribution in [2.45, 2.75) is 72.0 Å². The molecule has 0 aromatic carbocycles. The van der Waals surface area contributed by atoms with Crippen molar-refractivity contribution in [3.63, 3.8) is 0 Å². The number of nitrogens with zero attached hydrogens (tertiary/aromatic N) is 2. The Bertz CT molecular complexity index is 400. The molecule has 0 aliphatic carbocycles. The van der Waals surface area contributed by atoms with Crippen LogP contribution in [0.25, 0.3) is 0 Å². The molecule has 0 saturated carbocycles. The first-order valence-corrected chi connectivity index (χ1v) is 8.36. The fourth-order valence-electron chi connectivity index (χ4n) is 2.56. The second kappa shape index (κ2) is 6.71. The minimum absolute atomic E-state index is 0.530. The highest BCUT2D eigenvalue weighted by molar-refractivity contribution is 7.15. The van der Waals surface area contributed by atoms with Crippen LogP contribution in [0.2, 0.25) is 0 Å². The summed E-state index contributed by atoms with van der Waals surface area (Å²) in [4.78, 5) is 8.72. The molecule has 2 heterocycles. The Morgan fingerprint density at radius 3 is 2.89 bits per heavy atom. The highest BCUT2D eigenvalue weighted by Crippen LogP contribution is 2.30. The third-order valence-electron chi connectivity index (χ3n) is 3.85. The van der Waals surface area contributed by atoms with Gasteiger partial charge in [-0.1, -0.05) is 26.7 Å². The van der Waals surface area contributed by atoms with Gasteiger partial charge >= 0.3 is 0 Å². The molecule has 0 spiro atoms. The second-order valence-corrected chi connectivity index (χ2v) is 6.99. The normalized spacial score (nSPS) is 20.9. The molecule has 1 N–H and O–H groups in total. The molecule has 0 bridgehead atoms. The van der Waals surface area contributed by atoms with Gasteiger partial charge in [-0.15, -0.1) is 11.3 Å². The van der Waals surface area contributed by atoms with E-state index in [2.05, 4.69) is 37.9 Å². The lowest BCUT2D eigenvalue weighted by Crippen LogP contribution is -2.32. The van der Waals surface area contributed by atoms with Crippen LogP contribution in [-0.4, -0.2) is 23.6 Å². The average Bonchev–Trinajstić information content (AvgIpc) is 2.57. The van der Waals surface area contributed by atoms with E-state index in [1.807, 2.05) is 11.3 Å². The fraction of sp³-hybridized carbons (Fsp3) is 0.800. The Labute approximate surface area is 121 Å². The minimum Gasteiger partial charge on any atom is -0.345 e. The molecule has 1 aliphatic rings. The number of thiazole rings is 1. The van der Waals surface area contributed by atoms with Crippen LogP contribution < -0.4 is 10.2 Å². The van der Waals surface area contributed by atoms with E-state index < -0.39 is 0 Å². The summed E-state index contributed by atoms with van der Waals surface area (Å²) in [5.41, 5.74) is 1.20. The summed E-state index contributed by atoms with van der Waals surface area (Å²) in [7, 11) is 0. The smallest absolute Gasteiger partial charge is 0.186 e. The molecule has 1 unspecified atom stereocenters. The largest absolute Gasteiger partial charge is 0.345 e. The summed E-state index contributed by atoms with van der Waals surface area (Å²) in [6.07, 6.45) is 5.34. The monoisotopic (exact) mass is 281 g/mol. The zero-order valence-corrected chi connectivity index (χ0v) is 13.5. The maximum atomic E-state index is 4.81. The predicted molar refractivity (Wildman–Crippen MR) is 84.1 cm³/mol. The van der Waals surface area contributed by atoms with Crippen LogP contribution in [0.5, 0.6) is 0 Å². The molecule has 1 aromatic rings. The molecule has 2 rings (SSSR count). The van der Waals surface area contributed by atoms with Crippen molar-refractivity contribution in [2.75, 3.05) is 11.4 Å². The third-order valence-corrected chi connectivity index (χ3v) is 5.05. The highest BCUT2D eigenvalue weighted by Gasteiger charge is 2.21. The second-order valence-electron chi connectivity index (χ2n) is 5.93. The summed E-state index contributed by atoms with van der Waals surface area (Å²) in [5, 5.41) is 4.72. The molecule has 19 heavy (non-hydrogen) atoms. The van der Waals surface area contributed by atoms with Crippen molar-refractivity contribution in [3.05, 3.63) is 10.6 Å². The van der Waals surface area contributed by atoms with E-state index in [9.17, 15) is 0 Å². The van der Waals surface area contributed by atoms with Crippen molar-refractivity contribution < 1.29 is 0 Å². The molecule has 0 radical (unpaired) electrons. The van der Waals surface area contributed by atoms with E-state index >= 15 is 0 Å². The summed E-state index contributed by atoms with van der Waals surface area (Å²) in [6.45, 7) is 11.0. The minimum atomic E-state index is 0.530. The molecule has 1 atom stereocenters. The molecule has 1 aromatic heterocycles. The van der Waals surface area contributed by atoms with Gasteiger partial charge in [0, 0.05) is 30.1 Å². The van der Waals surface area contributed by atoms with Crippen LogP contribution in [0.1, 0.15) is 57.0 Å². The van der Waals surface area contributed by atoms with Crippen molar-refractivity contribution in [3.8, 4) is 0 Å². The molecular weight excluding hydrogens is 254 g/mol. The number of nitrogens with one attached hydrogen (secondary N) is 1. The van der Waals surface area contributed by atoms with Gasteiger partial charge in [-0.25, -0.2) is 4.98 Å². The number of aryl methyl sites for hydroxylation is 1. The molecular formula is C15H27N3S. The summed E-state index contributed by atoms with van der Waals surface area (Å²) < 4.78 is 0. The lowest BCUT2D eigenvalue weighted by molar-refractivity contribution is 0.591. The summed E-state index contributed by atoms with van der Waals surface area (Å²) in [5.74, 6) is 0. The predicted octanol–water partition coefficient (Wildman–Crippen LogP) is 3.72. The van der Waals surface area contributed by atoms with Crippen LogP contribution >= 0.6 is 11.3 Å². The quantitative estimate of drug-likeness (QED) is 0.911. The molecule has 1 aliphatic heterocycles. The number of anilines is 1. The Kier molecular flexibility index (Phi) is 5.22. The molecule has 108 valence electrons. The van der Waals surface area contributed by atoms with Gasteiger partial charge in [0.05, 0.1) is 5.69 Å². The lowest BCUT2D eigenvalue weighted by atomic mass is 10.1. The van der Waals surface area contributed by atoms with Crippen LogP contribution in [0.3, 0.4) is 0 Å². The Morgan fingerprint density at radius 2 is 2.16 bits per heavy atom. The Hall–Kier alpha value is -0.610. The van der Waals surface area contributed by atoms with E-state index in [1.165, 1.54) is 47.9 Å². The van der Waals surface area contributed by atoms with Gasteiger partial charge in [0.15, 0.2) is 5.13 Å². The maximum absolute atomic E-state index is 4.81. The highest BCUT2D eigenvalue weighted by atomic mass is 32.1. The molecule has 3 nitrogen and oxygen atoms in total. The zero-order valence-electron chi connectivity index (χ0n) is 12.7. The first-order chi connectivity index (χ1) is 9.08. The maximum Gasteiger partial charge on any atom is 0.186 e. The first-order valence-electron chi connectivity index (χ1n) is 7.54. The van der Waals surface area contributed by atoms with Gasteiger partial charge in [-0.3, -0.25) is 0 Å². The van der Waals surface area contributed by atoms with Gasteiger partial charge in [-0.05, 0) is 26.7 Å². The average molecular weight is 281 g/mol. The van der Waals surface area contributed by atoms with Crippen molar-refractivity contribution in [2.24, 2.45) is 0 Å². The van der Waals surface area contributed by atoms with Crippen molar-refractivity contribution in [1.29, 1.82) is 0 Å². The topological polar surface area (TPSA) is 28.2 Å². The van der Waals surface area contributed by atoms with Crippen LogP contribution in [0, 0.1) is 6.92 Å². The van der Waals surface area contributed by atoms with Gasteiger partial charge in [0.25, 0.3) is 0 Å². The van der Waals surface area contributed by atoms with E-state index in [1.54, 1.807) is 0 Å². The third kappa shape index (κ3) is 3.93. The van der Waals surface area contributed by atoms with Gasteiger partial charge in [-0.2, -0.15) is 0 Å². The fourth-order valence-corrected chi connectivity index (χ4v) is 3.70. The zero-order chi connectivity index (χ0) is 13.8. The van der Waals surface area contributed by atoms with Crippen LogP contribution in [-0.2, 0) is 6.54 Å². The number of rotatable bonds is 4. The van der Waals surface area contributed by atoms with E-state index in [4.69, 9.17) is 4.98 Å². The van der Waals surface area contributed by atoms with Crippen molar-refractivity contribution in [1.82, 2.24) is 10.3 Å².